The van der Waals surface area contributed by atoms with Crippen LogP contribution in [-0.2, 0) is 4.79 Å². The molecule has 114 valence electrons. The maximum atomic E-state index is 12.2. The van der Waals surface area contributed by atoms with Gasteiger partial charge in [-0.1, -0.05) is 28.1 Å². The van der Waals surface area contributed by atoms with Gasteiger partial charge in [0.05, 0.1) is 12.0 Å². The van der Waals surface area contributed by atoms with Crippen LogP contribution in [0.15, 0.2) is 28.7 Å². The lowest BCUT2D eigenvalue weighted by atomic mass is 9.97. The second kappa shape index (κ2) is 6.93. The van der Waals surface area contributed by atoms with Gasteiger partial charge in [0, 0.05) is 17.6 Å². The summed E-state index contributed by atoms with van der Waals surface area (Å²) in [5.74, 6) is -1.09. The van der Waals surface area contributed by atoms with Crippen molar-refractivity contribution in [2.75, 3.05) is 13.1 Å². The number of rotatable bonds is 3. The van der Waals surface area contributed by atoms with E-state index >= 15 is 0 Å². The summed E-state index contributed by atoms with van der Waals surface area (Å²) in [4.78, 5) is 24.8. The highest BCUT2D eigenvalue weighted by atomic mass is 79.9. The Morgan fingerprint density at radius 1 is 1.29 bits per heavy atom. The van der Waals surface area contributed by atoms with E-state index in [0.29, 0.717) is 25.9 Å². The average molecular weight is 355 g/mol. The Morgan fingerprint density at radius 3 is 2.38 bits per heavy atom. The number of piperidine rings is 1. The standard InChI is InChI=1S/C15H19BrN2O3/c1-10(11-2-4-13(16)5-3-11)17-15(21)18-8-6-12(7-9-18)14(19)20/h2-5,10,12H,6-9H2,1H3,(H,17,21)(H,19,20). The number of likely N-dealkylation sites (tertiary alicyclic amines) is 1. The molecule has 1 aliphatic rings. The predicted molar refractivity (Wildman–Crippen MR) is 83.0 cm³/mol. The van der Waals surface area contributed by atoms with E-state index in [1.165, 1.54) is 0 Å². The number of amides is 2. The second-order valence-electron chi connectivity index (χ2n) is 5.32. The van der Waals surface area contributed by atoms with Crippen LogP contribution in [-0.4, -0.2) is 35.1 Å². The molecule has 5 nitrogen and oxygen atoms in total. The Labute approximate surface area is 132 Å². The normalized spacial score (nSPS) is 17.3. The fraction of sp³-hybridized carbons (Fsp3) is 0.467. The summed E-state index contributed by atoms with van der Waals surface area (Å²) in [5.41, 5.74) is 1.03. The van der Waals surface area contributed by atoms with Crippen LogP contribution in [0.5, 0.6) is 0 Å². The van der Waals surface area contributed by atoms with E-state index in [9.17, 15) is 9.59 Å². The Hall–Kier alpha value is -1.56. The number of carbonyl (C=O) groups excluding carboxylic acids is 1. The monoisotopic (exact) mass is 354 g/mol. The summed E-state index contributed by atoms with van der Waals surface area (Å²) in [6.07, 6.45) is 1.05. The number of nitrogens with one attached hydrogen (secondary N) is 1. The average Bonchev–Trinajstić information content (AvgIpc) is 2.47. The molecule has 2 N–H and O–H groups in total. The van der Waals surface area contributed by atoms with Crippen molar-refractivity contribution in [1.82, 2.24) is 10.2 Å². The fourth-order valence-electron chi connectivity index (χ4n) is 2.44. The quantitative estimate of drug-likeness (QED) is 0.876. The third-order valence-corrected chi connectivity index (χ3v) is 4.37. The van der Waals surface area contributed by atoms with Crippen LogP contribution >= 0.6 is 15.9 Å². The van der Waals surface area contributed by atoms with Gasteiger partial charge in [-0.25, -0.2) is 4.79 Å². The minimum absolute atomic E-state index is 0.0807. The van der Waals surface area contributed by atoms with Crippen LogP contribution in [0.3, 0.4) is 0 Å². The van der Waals surface area contributed by atoms with Crippen LogP contribution in [0.1, 0.15) is 31.4 Å². The first-order valence-corrected chi connectivity index (χ1v) is 7.80. The number of urea groups is 1. The molecule has 2 amide bonds. The van der Waals surface area contributed by atoms with E-state index in [4.69, 9.17) is 5.11 Å². The molecule has 6 heteroatoms. The molecule has 1 aromatic carbocycles. The van der Waals surface area contributed by atoms with Crippen molar-refractivity contribution in [2.24, 2.45) is 5.92 Å². The van der Waals surface area contributed by atoms with Gasteiger partial charge in [-0.15, -0.1) is 0 Å². The van der Waals surface area contributed by atoms with E-state index < -0.39 is 5.97 Å². The minimum Gasteiger partial charge on any atom is -0.481 e. The smallest absolute Gasteiger partial charge is 0.317 e. The lowest BCUT2D eigenvalue weighted by molar-refractivity contribution is -0.143. The molecule has 1 fully saturated rings. The van der Waals surface area contributed by atoms with Crippen LogP contribution in [0.2, 0.25) is 0 Å². The van der Waals surface area contributed by atoms with Gasteiger partial charge >= 0.3 is 12.0 Å². The first-order chi connectivity index (χ1) is 9.97. The number of benzene rings is 1. The lowest BCUT2D eigenvalue weighted by Crippen LogP contribution is -2.46. The van der Waals surface area contributed by atoms with Gasteiger partial charge in [-0.3, -0.25) is 4.79 Å². The van der Waals surface area contributed by atoms with E-state index in [0.717, 1.165) is 10.0 Å². The fourth-order valence-corrected chi connectivity index (χ4v) is 2.71. The molecule has 1 atom stereocenters. The van der Waals surface area contributed by atoms with Crippen LogP contribution < -0.4 is 5.32 Å². The maximum absolute atomic E-state index is 12.2. The molecule has 0 saturated carbocycles. The number of carbonyl (C=O) groups is 2. The highest BCUT2D eigenvalue weighted by Crippen LogP contribution is 2.19. The van der Waals surface area contributed by atoms with Crippen molar-refractivity contribution >= 4 is 27.9 Å². The summed E-state index contributed by atoms with van der Waals surface area (Å²) in [6, 6.07) is 7.60. The molecule has 0 spiro atoms. The van der Waals surface area contributed by atoms with Crippen LogP contribution in [0.4, 0.5) is 4.79 Å². The number of nitrogens with zero attached hydrogens (tertiary/aromatic N) is 1. The number of hydrogen-bond donors (Lipinski definition) is 2. The molecule has 0 bridgehead atoms. The summed E-state index contributed by atoms with van der Waals surface area (Å²) in [7, 11) is 0. The molecule has 1 heterocycles. The number of carboxylic acids is 1. The predicted octanol–water partition coefficient (Wildman–Crippen LogP) is 3.02. The third kappa shape index (κ3) is 4.20. The van der Waals surface area contributed by atoms with Crippen molar-refractivity contribution in [3.8, 4) is 0 Å². The molecule has 0 aromatic heterocycles. The summed E-state index contributed by atoms with van der Waals surface area (Å²) >= 11 is 3.38. The second-order valence-corrected chi connectivity index (χ2v) is 6.24. The van der Waals surface area contributed by atoms with Gasteiger partial charge in [0.2, 0.25) is 0 Å². The Morgan fingerprint density at radius 2 is 1.86 bits per heavy atom. The zero-order valence-electron chi connectivity index (χ0n) is 11.9. The van der Waals surface area contributed by atoms with Gasteiger partial charge in [0.25, 0.3) is 0 Å². The minimum atomic E-state index is -0.765. The molecular formula is C15H19BrN2O3. The number of aliphatic carboxylic acids is 1. The van der Waals surface area contributed by atoms with Gasteiger partial charge in [-0.2, -0.15) is 0 Å². The number of carboxylic acid groups (broad SMARTS) is 1. The molecular weight excluding hydrogens is 336 g/mol. The first kappa shape index (κ1) is 15.8. The lowest BCUT2D eigenvalue weighted by Gasteiger charge is -2.31. The highest BCUT2D eigenvalue weighted by Gasteiger charge is 2.27. The van der Waals surface area contributed by atoms with Crippen molar-refractivity contribution in [3.63, 3.8) is 0 Å². The van der Waals surface area contributed by atoms with Gasteiger partial charge in [0.1, 0.15) is 0 Å². The SMILES string of the molecule is CC(NC(=O)N1CCC(C(=O)O)CC1)c1ccc(Br)cc1. The third-order valence-electron chi connectivity index (χ3n) is 3.84. The first-order valence-electron chi connectivity index (χ1n) is 7.01. The van der Waals surface area contributed by atoms with Crippen molar-refractivity contribution in [2.45, 2.75) is 25.8 Å². The molecule has 1 aliphatic heterocycles. The summed E-state index contributed by atoms with van der Waals surface area (Å²) in [6.45, 7) is 2.93. The highest BCUT2D eigenvalue weighted by molar-refractivity contribution is 9.10. The molecule has 0 radical (unpaired) electrons. The van der Waals surface area contributed by atoms with Crippen molar-refractivity contribution in [1.29, 1.82) is 0 Å². The molecule has 1 aromatic rings. The topological polar surface area (TPSA) is 69.6 Å². The molecule has 21 heavy (non-hydrogen) atoms. The van der Waals surface area contributed by atoms with Crippen LogP contribution in [0.25, 0.3) is 0 Å². The van der Waals surface area contributed by atoms with E-state index in [-0.39, 0.29) is 18.0 Å². The van der Waals surface area contributed by atoms with E-state index in [2.05, 4.69) is 21.2 Å². The molecule has 1 unspecified atom stereocenters. The molecule has 0 aliphatic carbocycles. The zero-order chi connectivity index (χ0) is 15.4. The number of hydrogen-bond acceptors (Lipinski definition) is 2. The van der Waals surface area contributed by atoms with Gasteiger partial charge in [-0.05, 0) is 37.5 Å². The Kier molecular flexibility index (Phi) is 5.22. The zero-order valence-corrected chi connectivity index (χ0v) is 13.5. The summed E-state index contributed by atoms with van der Waals surface area (Å²) in [5, 5.41) is 11.9. The number of halogens is 1. The van der Waals surface area contributed by atoms with E-state index in [1.54, 1.807) is 4.90 Å². The largest absolute Gasteiger partial charge is 0.481 e. The Balaban J connectivity index is 1.87. The summed E-state index contributed by atoms with van der Waals surface area (Å²) < 4.78 is 1.00. The van der Waals surface area contributed by atoms with Crippen molar-refractivity contribution in [3.05, 3.63) is 34.3 Å². The van der Waals surface area contributed by atoms with Crippen LogP contribution in [0, 0.1) is 5.92 Å². The molecule has 2 rings (SSSR count). The maximum Gasteiger partial charge on any atom is 0.317 e. The Bertz CT molecular complexity index is 510. The molecule has 1 saturated heterocycles. The van der Waals surface area contributed by atoms with Gasteiger partial charge < -0.3 is 15.3 Å². The van der Waals surface area contributed by atoms with E-state index in [1.807, 2.05) is 31.2 Å². The van der Waals surface area contributed by atoms with Crippen molar-refractivity contribution < 1.29 is 14.7 Å². The van der Waals surface area contributed by atoms with Gasteiger partial charge in [0.15, 0.2) is 0 Å².